The number of benzene rings is 3. The minimum absolute atomic E-state index is 0.0366. The summed E-state index contributed by atoms with van der Waals surface area (Å²) in [5, 5.41) is 2.78. The van der Waals surface area contributed by atoms with Crippen LogP contribution >= 0.6 is 0 Å². The first kappa shape index (κ1) is 18.1. The van der Waals surface area contributed by atoms with Gasteiger partial charge in [-0.1, -0.05) is 66.7 Å². The molecular formula is C23H19NO3. The molecule has 0 atom stereocenters. The van der Waals surface area contributed by atoms with Gasteiger partial charge >= 0.3 is 0 Å². The van der Waals surface area contributed by atoms with Crippen LogP contribution in [0.2, 0.25) is 0 Å². The second-order valence-electron chi connectivity index (χ2n) is 5.82. The van der Waals surface area contributed by atoms with Gasteiger partial charge in [-0.2, -0.15) is 0 Å². The van der Waals surface area contributed by atoms with E-state index in [1.165, 1.54) is 0 Å². The molecule has 0 aromatic heterocycles. The molecule has 0 saturated carbocycles. The molecule has 1 N–H and O–H groups in total. The lowest BCUT2D eigenvalue weighted by molar-refractivity contribution is -0.112. The fourth-order valence-corrected chi connectivity index (χ4v) is 2.64. The first-order valence-corrected chi connectivity index (χ1v) is 8.50. The monoisotopic (exact) mass is 357 g/mol. The van der Waals surface area contributed by atoms with Gasteiger partial charge in [0, 0.05) is 16.8 Å². The summed E-state index contributed by atoms with van der Waals surface area (Å²) in [6.45, 7) is 0. The third kappa shape index (κ3) is 4.50. The Kier molecular flexibility index (Phi) is 5.80. The van der Waals surface area contributed by atoms with E-state index < -0.39 is 5.91 Å². The first-order chi connectivity index (χ1) is 13.2. The van der Waals surface area contributed by atoms with Crippen LogP contribution in [0.25, 0.3) is 6.08 Å². The Balaban J connectivity index is 2.02. The van der Waals surface area contributed by atoms with E-state index in [-0.39, 0.29) is 11.4 Å². The van der Waals surface area contributed by atoms with Gasteiger partial charge in [0.05, 0.1) is 12.7 Å². The SMILES string of the molecule is COc1ccccc1/C=C(/C(=O)Nc1ccccc1)C(=O)c1ccccc1. The maximum Gasteiger partial charge on any atom is 0.259 e. The summed E-state index contributed by atoms with van der Waals surface area (Å²) in [5.74, 6) is -0.237. The van der Waals surface area contributed by atoms with Crippen LogP contribution in [0.1, 0.15) is 15.9 Å². The molecule has 0 radical (unpaired) electrons. The van der Waals surface area contributed by atoms with Crippen molar-refractivity contribution in [3.63, 3.8) is 0 Å². The number of methoxy groups -OCH3 is 1. The molecular weight excluding hydrogens is 338 g/mol. The summed E-state index contributed by atoms with van der Waals surface area (Å²) in [6.07, 6.45) is 1.56. The molecule has 3 rings (SSSR count). The molecule has 0 spiro atoms. The van der Waals surface area contributed by atoms with Gasteiger partial charge < -0.3 is 10.1 Å². The number of para-hydroxylation sites is 2. The molecule has 3 aromatic rings. The molecule has 4 nitrogen and oxygen atoms in total. The largest absolute Gasteiger partial charge is 0.496 e. The fourth-order valence-electron chi connectivity index (χ4n) is 2.64. The molecule has 0 bridgehead atoms. The number of Topliss-reactive ketones (excluding diaryl/α,β-unsaturated/α-hetero) is 1. The molecule has 0 unspecified atom stereocenters. The molecule has 0 aliphatic rings. The van der Waals surface area contributed by atoms with Gasteiger partial charge in [0.1, 0.15) is 5.75 Å². The standard InChI is InChI=1S/C23H19NO3/c1-27-21-15-9-8-12-18(21)16-20(22(25)17-10-4-2-5-11-17)23(26)24-19-13-6-3-7-14-19/h2-16H,1H3,(H,24,26)/b20-16+. The Morgan fingerprint density at radius 3 is 2.07 bits per heavy atom. The summed E-state index contributed by atoms with van der Waals surface area (Å²) in [4.78, 5) is 25.9. The third-order valence-electron chi connectivity index (χ3n) is 4.00. The number of hydrogen-bond donors (Lipinski definition) is 1. The number of ether oxygens (including phenoxy) is 1. The minimum Gasteiger partial charge on any atom is -0.496 e. The predicted octanol–water partition coefficient (Wildman–Crippen LogP) is 4.60. The van der Waals surface area contributed by atoms with E-state index in [1.807, 2.05) is 36.4 Å². The quantitative estimate of drug-likeness (QED) is 0.304. The smallest absolute Gasteiger partial charge is 0.259 e. The van der Waals surface area contributed by atoms with E-state index in [0.717, 1.165) is 0 Å². The zero-order chi connectivity index (χ0) is 19.1. The zero-order valence-electron chi connectivity index (χ0n) is 14.9. The van der Waals surface area contributed by atoms with Gasteiger partial charge in [0.25, 0.3) is 5.91 Å². The van der Waals surface area contributed by atoms with Crippen LogP contribution in [0.15, 0.2) is 90.5 Å². The molecule has 0 saturated heterocycles. The Hall–Kier alpha value is -3.66. The van der Waals surface area contributed by atoms with Gasteiger partial charge in [0.15, 0.2) is 5.78 Å². The van der Waals surface area contributed by atoms with Gasteiger partial charge in [0.2, 0.25) is 0 Å². The summed E-state index contributed by atoms with van der Waals surface area (Å²) in [5.41, 5.74) is 1.76. The highest BCUT2D eigenvalue weighted by Crippen LogP contribution is 2.23. The van der Waals surface area contributed by atoms with Crippen molar-refractivity contribution in [3.05, 3.63) is 102 Å². The van der Waals surface area contributed by atoms with Crippen molar-refractivity contribution in [2.45, 2.75) is 0 Å². The molecule has 0 fully saturated rings. The van der Waals surface area contributed by atoms with Gasteiger partial charge in [-0.05, 0) is 24.3 Å². The molecule has 0 heterocycles. The van der Waals surface area contributed by atoms with Crippen molar-refractivity contribution in [2.75, 3.05) is 12.4 Å². The molecule has 27 heavy (non-hydrogen) atoms. The lowest BCUT2D eigenvalue weighted by Gasteiger charge is -2.10. The fraction of sp³-hybridized carbons (Fsp3) is 0.0435. The minimum atomic E-state index is -0.471. The number of rotatable bonds is 6. The highest BCUT2D eigenvalue weighted by molar-refractivity contribution is 6.31. The third-order valence-corrected chi connectivity index (χ3v) is 4.00. The van der Waals surface area contributed by atoms with Crippen LogP contribution in [0.4, 0.5) is 5.69 Å². The van der Waals surface area contributed by atoms with Crippen LogP contribution in [0.5, 0.6) is 5.75 Å². The van der Waals surface area contributed by atoms with E-state index in [1.54, 1.807) is 61.7 Å². The number of nitrogens with one attached hydrogen (secondary N) is 1. The van der Waals surface area contributed by atoms with Crippen molar-refractivity contribution in [3.8, 4) is 5.75 Å². The van der Waals surface area contributed by atoms with Gasteiger partial charge in [-0.3, -0.25) is 9.59 Å². The van der Waals surface area contributed by atoms with Crippen molar-refractivity contribution < 1.29 is 14.3 Å². The average molecular weight is 357 g/mol. The number of hydrogen-bond acceptors (Lipinski definition) is 3. The normalized spacial score (nSPS) is 10.9. The van der Waals surface area contributed by atoms with Gasteiger partial charge in [-0.15, -0.1) is 0 Å². The van der Waals surface area contributed by atoms with Crippen molar-refractivity contribution >= 4 is 23.5 Å². The van der Waals surface area contributed by atoms with Crippen LogP contribution in [0.3, 0.4) is 0 Å². The summed E-state index contributed by atoms with van der Waals surface area (Å²) in [6, 6.07) is 25.0. The van der Waals surface area contributed by atoms with E-state index in [0.29, 0.717) is 22.6 Å². The number of carbonyl (C=O) groups excluding carboxylic acids is 2. The number of amides is 1. The Morgan fingerprint density at radius 2 is 1.41 bits per heavy atom. The number of ketones is 1. The van der Waals surface area contributed by atoms with E-state index in [2.05, 4.69) is 5.32 Å². The van der Waals surface area contributed by atoms with Crippen molar-refractivity contribution in [1.29, 1.82) is 0 Å². The lowest BCUT2D eigenvalue weighted by Crippen LogP contribution is -2.20. The van der Waals surface area contributed by atoms with Crippen LogP contribution in [-0.2, 0) is 4.79 Å². The summed E-state index contributed by atoms with van der Waals surface area (Å²) >= 11 is 0. The highest BCUT2D eigenvalue weighted by Gasteiger charge is 2.20. The van der Waals surface area contributed by atoms with Crippen molar-refractivity contribution in [1.82, 2.24) is 0 Å². The Morgan fingerprint density at radius 1 is 0.815 bits per heavy atom. The topological polar surface area (TPSA) is 55.4 Å². The molecule has 134 valence electrons. The first-order valence-electron chi connectivity index (χ1n) is 8.50. The molecule has 0 aliphatic heterocycles. The second-order valence-corrected chi connectivity index (χ2v) is 5.82. The molecule has 0 aliphatic carbocycles. The Labute approximate surface area is 158 Å². The van der Waals surface area contributed by atoms with E-state index in [4.69, 9.17) is 4.74 Å². The van der Waals surface area contributed by atoms with Crippen LogP contribution in [0, 0.1) is 0 Å². The second kappa shape index (κ2) is 8.63. The molecule has 3 aromatic carbocycles. The molecule has 4 heteroatoms. The zero-order valence-corrected chi connectivity index (χ0v) is 14.9. The Bertz CT molecular complexity index is 963. The molecule has 1 amide bonds. The maximum atomic E-state index is 13.0. The van der Waals surface area contributed by atoms with E-state index in [9.17, 15) is 9.59 Å². The summed E-state index contributed by atoms with van der Waals surface area (Å²) < 4.78 is 5.34. The highest BCUT2D eigenvalue weighted by atomic mass is 16.5. The van der Waals surface area contributed by atoms with Gasteiger partial charge in [-0.25, -0.2) is 0 Å². The van der Waals surface area contributed by atoms with Crippen LogP contribution < -0.4 is 10.1 Å². The summed E-state index contributed by atoms with van der Waals surface area (Å²) in [7, 11) is 1.55. The number of anilines is 1. The van der Waals surface area contributed by atoms with E-state index >= 15 is 0 Å². The number of carbonyl (C=O) groups is 2. The lowest BCUT2D eigenvalue weighted by atomic mass is 9.99. The maximum absolute atomic E-state index is 13.0. The van der Waals surface area contributed by atoms with Crippen molar-refractivity contribution in [2.24, 2.45) is 0 Å². The van der Waals surface area contributed by atoms with Crippen LogP contribution in [-0.4, -0.2) is 18.8 Å². The predicted molar refractivity (Wildman–Crippen MR) is 107 cm³/mol. The average Bonchev–Trinajstić information content (AvgIpc) is 2.73.